The van der Waals surface area contributed by atoms with Crippen LogP contribution in [0.5, 0.6) is 0 Å². The second kappa shape index (κ2) is 4.57. The summed E-state index contributed by atoms with van der Waals surface area (Å²) in [4.78, 5) is 35.1. The molecule has 2 saturated carbocycles. The fourth-order valence-electron chi connectivity index (χ4n) is 4.00. The highest BCUT2D eigenvalue weighted by Crippen LogP contribution is 2.60. The van der Waals surface area contributed by atoms with Crippen LogP contribution in [0.2, 0.25) is 0 Å². The Hall–Kier alpha value is -1.39. The zero-order chi connectivity index (χ0) is 14.5. The molecule has 5 nitrogen and oxygen atoms in total. The summed E-state index contributed by atoms with van der Waals surface area (Å²) in [5.41, 5.74) is -0.610. The summed E-state index contributed by atoms with van der Waals surface area (Å²) in [5, 5.41) is 0. The van der Waals surface area contributed by atoms with Crippen molar-refractivity contribution in [3.8, 4) is 0 Å². The zero-order valence-electron chi connectivity index (χ0n) is 11.9. The van der Waals surface area contributed by atoms with Crippen molar-refractivity contribution in [2.45, 2.75) is 52.1 Å². The molecule has 5 unspecified atom stereocenters. The van der Waals surface area contributed by atoms with E-state index in [2.05, 4.69) is 0 Å². The van der Waals surface area contributed by atoms with Gasteiger partial charge in [-0.05, 0) is 37.5 Å². The van der Waals surface area contributed by atoms with Gasteiger partial charge in [0.2, 0.25) is 0 Å². The topological polar surface area (TPSA) is 69.7 Å². The predicted molar refractivity (Wildman–Crippen MR) is 68.3 cm³/mol. The summed E-state index contributed by atoms with van der Waals surface area (Å²) >= 11 is 0. The molecule has 0 aromatic heterocycles. The number of carbonyl (C=O) groups is 3. The van der Waals surface area contributed by atoms with Crippen LogP contribution >= 0.6 is 0 Å². The van der Waals surface area contributed by atoms with E-state index in [1.807, 2.05) is 13.8 Å². The first-order chi connectivity index (χ1) is 9.46. The number of hydrogen-bond acceptors (Lipinski definition) is 5. The maximum atomic E-state index is 11.9. The minimum Gasteiger partial charge on any atom is -0.462 e. The van der Waals surface area contributed by atoms with Gasteiger partial charge in [0.05, 0.1) is 17.8 Å². The number of esters is 3. The van der Waals surface area contributed by atoms with Crippen molar-refractivity contribution in [2.75, 3.05) is 0 Å². The lowest BCUT2D eigenvalue weighted by molar-refractivity contribution is -0.160. The highest BCUT2D eigenvalue weighted by molar-refractivity contribution is 5.98. The molecule has 0 aromatic rings. The molecule has 2 aliphatic carbocycles. The molecule has 3 fully saturated rings. The molecule has 2 bridgehead atoms. The Morgan fingerprint density at radius 1 is 1.45 bits per heavy atom. The average Bonchev–Trinajstić information content (AvgIpc) is 3.02. The SMILES string of the molecule is CCC(C)C(=O)OC1CC2CC1CC21CC(=O)OC1=O. The van der Waals surface area contributed by atoms with Crippen molar-refractivity contribution >= 4 is 17.9 Å². The standard InChI is InChI=1S/C15H20O5/c1-3-8(2)13(17)19-11-5-10-4-9(11)6-15(10)7-12(16)20-14(15)18/h8-11H,3-7H2,1-2H3. The van der Waals surface area contributed by atoms with Crippen molar-refractivity contribution in [1.29, 1.82) is 0 Å². The molecule has 1 heterocycles. The lowest BCUT2D eigenvalue weighted by Gasteiger charge is -2.32. The van der Waals surface area contributed by atoms with E-state index < -0.39 is 11.4 Å². The third-order valence-electron chi connectivity index (χ3n) is 5.39. The van der Waals surface area contributed by atoms with Crippen LogP contribution in [-0.4, -0.2) is 24.0 Å². The van der Waals surface area contributed by atoms with Crippen LogP contribution in [0, 0.1) is 23.2 Å². The summed E-state index contributed by atoms with van der Waals surface area (Å²) in [7, 11) is 0. The van der Waals surface area contributed by atoms with Gasteiger partial charge in [0, 0.05) is 0 Å². The number of fused-ring (bicyclic) bond motifs is 3. The smallest absolute Gasteiger partial charge is 0.320 e. The summed E-state index contributed by atoms with van der Waals surface area (Å²) in [6, 6.07) is 0. The van der Waals surface area contributed by atoms with Gasteiger partial charge < -0.3 is 9.47 Å². The van der Waals surface area contributed by atoms with Crippen LogP contribution in [0.3, 0.4) is 0 Å². The van der Waals surface area contributed by atoms with Crippen LogP contribution < -0.4 is 0 Å². The third-order valence-corrected chi connectivity index (χ3v) is 5.39. The minimum atomic E-state index is -0.610. The van der Waals surface area contributed by atoms with Gasteiger partial charge in [0.25, 0.3) is 0 Å². The summed E-state index contributed by atoms with van der Waals surface area (Å²) in [6.07, 6.45) is 3.07. The van der Waals surface area contributed by atoms with Crippen molar-refractivity contribution < 1.29 is 23.9 Å². The van der Waals surface area contributed by atoms with E-state index in [0.29, 0.717) is 12.8 Å². The molecule has 3 rings (SSSR count). The van der Waals surface area contributed by atoms with Crippen LogP contribution in [0.25, 0.3) is 0 Å². The first-order valence-corrected chi connectivity index (χ1v) is 7.42. The van der Waals surface area contributed by atoms with E-state index in [4.69, 9.17) is 9.47 Å². The van der Waals surface area contributed by atoms with Crippen molar-refractivity contribution in [3.63, 3.8) is 0 Å². The van der Waals surface area contributed by atoms with E-state index in [9.17, 15) is 14.4 Å². The Morgan fingerprint density at radius 2 is 2.20 bits per heavy atom. The molecule has 0 N–H and O–H groups in total. The molecule has 1 spiro atoms. The van der Waals surface area contributed by atoms with Crippen LogP contribution in [0.15, 0.2) is 0 Å². The lowest BCUT2D eigenvalue weighted by atomic mass is 9.71. The second-order valence-corrected chi connectivity index (χ2v) is 6.51. The van der Waals surface area contributed by atoms with Gasteiger partial charge in [0.15, 0.2) is 0 Å². The van der Waals surface area contributed by atoms with Crippen molar-refractivity contribution in [3.05, 3.63) is 0 Å². The molecule has 1 aliphatic heterocycles. The molecule has 0 radical (unpaired) electrons. The van der Waals surface area contributed by atoms with E-state index >= 15 is 0 Å². The third kappa shape index (κ3) is 1.86. The zero-order valence-corrected chi connectivity index (χ0v) is 11.9. The monoisotopic (exact) mass is 280 g/mol. The summed E-state index contributed by atoms with van der Waals surface area (Å²) < 4.78 is 10.3. The van der Waals surface area contributed by atoms with Gasteiger partial charge in [-0.25, -0.2) is 0 Å². The fraction of sp³-hybridized carbons (Fsp3) is 0.800. The normalized spacial score (nSPS) is 40.2. The molecular weight excluding hydrogens is 260 g/mol. The Balaban J connectivity index is 1.66. The molecule has 5 heteroatoms. The minimum absolute atomic E-state index is 0.0823. The van der Waals surface area contributed by atoms with Gasteiger partial charge in [-0.1, -0.05) is 13.8 Å². The van der Waals surface area contributed by atoms with E-state index in [-0.39, 0.29) is 42.2 Å². The van der Waals surface area contributed by atoms with Crippen LogP contribution in [0.4, 0.5) is 0 Å². The number of hydrogen-bond donors (Lipinski definition) is 0. The van der Waals surface area contributed by atoms with Gasteiger partial charge >= 0.3 is 17.9 Å². The van der Waals surface area contributed by atoms with Gasteiger partial charge in [0.1, 0.15) is 6.10 Å². The molecular formula is C15H20O5. The summed E-state index contributed by atoms with van der Waals surface area (Å²) in [6.45, 7) is 3.83. The fourth-order valence-corrected chi connectivity index (χ4v) is 4.00. The Kier molecular flexibility index (Phi) is 3.10. The average molecular weight is 280 g/mol. The van der Waals surface area contributed by atoms with Gasteiger partial charge in [-0.15, -0.1) is 0 Å². The first-order valence-electron chi connectivity index (χ1n) is 7.42. The first kappa shape index (κ1) is 13.6. The Bertz CT molecular complexity index is 471. The quantitative estimate of drug-likeness (QED) is 0.582. The lowest BCUT2D eigenvalue weighted by Crippen LogP contribution is -2.38. The maximum Gasteiger partial charge on any atom is 0.320 e. The predicted octanol–water partition coefficient (Wildman–Crippen LogP) is 1.83. The molecule has 3 aliphatic rings. The summed E-state index contributed by atoms with van der Waals surface area (Å²) in [5.74, 6) is -0.671. The van der Waals surface area contributed by atoms with Gasteiger partial charge in [-0.3, -0.25) is 14.4 Å². The molecule has 1 saturated heterocycles. The Labute approximate surface area is 118 Å². The molecule has 110 valence electrons. The van der Waals surface area contributed by atoms with Gasteiger partial charge in [-0.2, -0.15) is 0 Å². The van der Waals surface area contributed by atoms with E-state index in [1.165, 1.54) is 0 Å². The number of carbonyl (C=O) groups excluding carboxylic acids is 3. The number of ether oxygens (including phenoxy) is 2. The molecule has 5 atom stereocenters. The van der Waals surface area contributed by atoms with Crippen molar-refractivity contribution in [2.24, 2.45) is 23.2 Å². The highest BCUT2D eigenvalue weighted by atomic mass is 16.6. The highest BCUT2D eigenvalue weighted by Gasteiger charge is 2.64. The number of rotatable bonds is 3. The van der Waals surface area contributed by atoms with Crippen molar-refractivity contribution in [1.82, 2.24) is 0 Å². The largest absolute Gasteiger partial charge is 0.462 e. The molecule has 0 aromatic carbocycles. The van der Waals surface area contributed by atoms with E-state index in [1.54, 1.807) is 0 Å². The van der Waals surface area contributed by atoms with Crippen LogP contribution in [-0.2, 0) is 23.9 Å². The maximum absolute atomic E-state index is 11.9. The van der Waals surface area contributed by atoms with Crippen LogP contribution in [0.1, 0.15) is 46.0 Å². The molecule has 20 heavy (non-hydrogen) atoms. The second-order valence-electron chi connectivity index (χ2n) is 6.51. The Morgan fingerprint density at radius 3 is 2.70 bits per heavy atom. The van der Waals surface area contributed by atoms with E-state index in [0.717, 1.165) is 12.8 Å². The number of cyclic esters (lactones) is 2. The molecule has 0 amide bonds.